The summed E-state index contributed by atoms with van der Waals surface area (Å²) in [7, 11) is 0. The Kier molecular flexibility index (Phi) is 4.02. The summed E-state index contributed by atoms with van der Waals surface area (Å²) in [4.78, 5) is 4.36. The van der Waals surface area contributed by atoms with Gasteiger partial charge in [0.1, 0.15) is 5.52 Å². The fourth-order valence-electron chi connectivity index (χ4n) is 6.49. The molecule has 0 aliphatic heterocycles. The second-order valence-corrected chi connectivity index (χ2v) is 10.0. The lowest BCUT2D eigenvalue weighted by molar-refractivity contribution is 0.602. The first kappa shape index (κ1) is 20.7. The lowest BCUT2D eigenvalue weighted by atomic mass is 9.98. The molecule has 0 unspecified atom stereocenters. The first-order valence-corrected chi connectivity index (χ1v) is 13.1. The Morgan fingerprint density at radius 1 is 0.487 bits per heavy atom. The van der Waals surface area contributed by atoms with E-state index in [1.165, 1.54) is 55.3 Å². The SMILES string of the molecule is c1ccc(-n2c3ccccc3c3c4ccccc4c4c5ccccc5n(-c5ccc6ncoc6c5)c4c32)cc1. The minimum absolute atomic E-state index is 0.777. The second kappa shape index (κ2) is 7.59. The van der Waals surface area contributed by atoms with Crippen molar-refractivity contribution in [3.05, 3.63) is 128 Å². The van der Waals surface area contributed by atoms with E-state index in [-0.39, 0.29) is 0 Å². The Balaban J connectivity index is 1.64. The van der Waals surface area contributed by atoms with Crippen molar-refractivity contribution in [2.45, 2.75) is 0 Å². The van der Waals surface area contributed by atoms with Crippen LogP contribution in [0.5, 0.6) is 0 Å². The van der Waals surface area contributed by atoms with Gasteiger partial charge in [-0.1, -0.05) is 78.9 Å². The molecule has 3 heterocycles. The molecule has 39 heavy (non-hydrogen) atoms. The summed E-state index contributed by atoms with van der Waals surface area (Å²) < 4.78 is 10.6. The maximum absolute atomic E-state index is 5.75. The molecule has 0 aliphatic rings. The number of rotatable bonds is 2. The van der Waals surface area contributed by atoms with Gasteiger partial charge < -0.3 is 13.6 Å². The van der Waals surface area contributed by atoms with E-state index in [2.05, 4.69) is 129 Å². The quantitative estimate of drug-likeness (QED) is 0.238. The summed E-state index contributed by atoms with van der Waals surface area (Å²) in [5.74, 6) is 0. The fraction of sp³-hybridized carbons (Fsp3) is 0. The van der Waals surface area contributed by atoms with Gasteiger partial charge in [-0.25, -0.2) is 4.98 Å². The van der Waals surface area contributed by atoms with E-state index in [4.69, 9.17) is 4.42 Å². The molecule has 3 aromatic heterocycles. The molecule has 0 atom stereocenters. The zero-order valence-electron chi connectivity index (χ0n) is 20.9. The molecule has 4 nitrogen and oxygen atoms in total. The molecular weight excluding hydrogens is 478 g/mol. The van der Waals surface area contributed by atoms with Crippen LogP contribution in [0, 0.1) is 0 Å². The Bertz CT molecular complexity index is 2390. The van der Waals surface area contributed by atoms with E-state index in [9.17, 15) is 0 Å². The zero-order valence-corrected chi connectivity index (χ0v) is 20.9. The van der Waals surface area contributed by atoms with Crippen LogP contribution in [0.3, 0.4) is 0 Å². The van der Waals surface area contributed by atoms with Crippen LogP contribution in [-0.4, -0.2) is 14.1 Å². The molecule has 0 N–H and O–H groups in total. The normalized spacial score (nSPS) is 12.1. The first-order valence-electron chi connectivity index (χ1n) is 13.1. The fourth-order valence-corrected chi connectivity index (χ4v) is 6.49. The maximum Gasteiger partial charge on any atom is 0.181 e. The third kappa shape index (κ3) is 2.70. The summed E-state index contributed by atoms with van der Waals surface area (Å²) in [6.07, 6.45) is 1.51. The summed E-state index contributed by atoms with van der Waals surface area (Å²) in [6.45, 7) is 0. The standard InChI is InChI=1S/C35H21N3O/c1-2-10-22(11-3-1)37-29-16-8-6-14-26(29)32-24-12-4-5-13-25(24)33-27-15-7-9-17-30(27)38(35(33)34(32)37)23-18-19-28-31(20-23)39-21-36-28/h1-21H. The molecule has 182 valence electrons. The van der Waals surface area contributed by atoms with Crippen molar-refractivity contribution in [1.82, 2.24) is 14.1 Å². The van der Waals surface area contributed by atoms with Crippen LogP contribution in [0.4, 0.5) is 0 Å². The van der Waals surface area contributed by atoms with Gasteiger partial charge in [-0.2, -0.15) is 0 Å². The number of hydrogen-bond donors (Lipinski definition) is 0. The minimum Gasteiger partial charge on any atom is -0.443 e. The number of aromatic nitrogens is 3. The highest BCUT2D eigenvalue weighted by molar-refractivity contribution is 6.36. The lowest BCUT2D eigenvalue weighted by Crippen LogP contribution is -1.99. The van der Waals surface area contributed by atoms with Crippen molar-refractivity contribution in [1.29, 1.82) is 0 Å². The van der Waals surface area contributed by atoms with Gasteiger partial charge in [0.15, 0.2) is 12.0 Å². The third-order valence-electron chi connectivity index (χ3n) is 8.03. The largest absolute Gasteiger partial charge is 0.443 e. The number of oxazole rings is 1. The maximum atomic E-state index is 5.75. The van der Waals surface area contributed by atoms with Crippen molar-refractivity contribution in [3.63, 3.8) is 0 Å². The number of nitrogens with zero attached hydrogens (tertiary/aromatic N) is 3. The van der Waals surface area contributed by atoms with Crippen molar-refractivity contribution in [3.8, 4) is 11.4 Å². The lowest BCUT2D eigenvalue weighted by Gasteiger charge is -2.13. The molecule has 0 saturated carbocycles. The molecule has 4 heteroatoms. The van der Waals surface area contributed by atoms with Gasteiger partial charge in [0.05, 0.1) is 27.8 Å². The average molecular weight is 500 g/mol. The Morgan fingerprint density at radius 2 is 1.03 bits per heavy atom. The Labute approximate surface area is 222 Å². The Hall–Kier alpha value is -5.35. The van der Waals surface area contributed by atoms with Gasteiger partial charge in [0, 0.05) is 33.3 Å². The molecule has 9 aromatic rings. The van der Waals surface area contributed by atoms with Crippen LogP contribution in [-0.2, 0) is 0 Å². The number of hydrogen-bond acceptors (Lipinski definition) is 2. The van der Waals surface area contributed by atoms with Crippen LogP contribution in [0.2, 0.25) is 0 Å². The molecular formula is C35H21N3O. The van der Waals surface area contributed by atoms with Crippen LogP contribution in [0.25, 0.3) is 76.9 Å². The molecule has 0 spiro atoms. The predicted molar refractivity (Wildman–Crippen MR) is 160 cm³/mol. The Morgan fingerprint density at radius 3 is 1.67 bits per heavy atom. The summed E-state index contributed by atoms with van der Waals surface area (Å²) in [6, 6.07) is 43.3. The van der Waals surface area contributed by atoms with Crippen LogP contribution in [0.1, 0.15) is 0 Å². The van der Waals surface area contributed by atoms with E-state index in [0.717, 1.165) is 28.0 Å². The molecule has 9 rings (SSSR count). The average Bonchev–Trinajstić information content (AvgIpc) is 3.70. The molecule has 0 bridgehead atoms. The van der Waals surface area contributed by atoms with E-state index in [0.29, 0.717) is 0 Å². The van der Waals surface area contributed by atoms with Crippen molar-refractivity contribution < 1.29 is 4.42 Å². The van der Waals surface area contributed by atoms with Gasteiger partial charge in [0.25, 0.3) is 0 Å². The van der Waals surface area contributed by atoms with Gasteiger partial charge >= 0.3 is 0 Å². The summed E-state index contributed by atoms with van der Waals surface area (Å²) in [5, 5.41) is 7.52. The van der Waals surface area contributed by atoms with E-state index in [1.807, 2.05) is 6.07 Å². The van der Waals surface area contributed by atoms with E-state index >= 15 is 0 Å². The molecule has 0 fully saturated rings. The van der Waals surface area contributed by atoms with E-state index in [1.54, 1.807) is 0 Å². The highest BCUT2D eigenvalue weighted by atomic mass is 16.3. The zero-order chi connectivity index (χ0) is 25.5. The van der Waals surface area contributed by atoms with Crippen LogP contribution in [0.15, 0.2) is 132 Å². The van der Waals surface area contributed by atoms with E-state index < -0.39 is 0 Å². The molecule has 6 aromatic carbocycles. The monoisotopic (exact) mass is 499 g/mol. The summed E-state index contributed by atoms with van der Waals surface area (Å²) in [5.41, 5.74) is 8.56. The minimum atomic E-state index is 0.777. The second-order valence-electron chi connectivity index (χ2n) is 10.0. The highest BCUT2D eigenvalue weighted by Gasteiger charge is 2.24. The number of benzene rings is 6. The highest BCUT2D eigenvalue weighted by Crippen LogP contribution is 2.46. The molecule has 0 saturated heterocycles. The van der Waals surface area contributed by atoms with Crippen molar-refractivity contribution in [2.24, 2.45) is 0 Å². The smallest absolute Gasteiger partial charge is 0.181 e. The van der Waals surface area contributed by atoms with Gasteiger partial charge in [-0.15, -0.1) is 0 Å². The summed E-state index contributed by atoms with van der Waals surface area (Å²) >= 11 is 0. The predicted octanol–water partition coefficient (Wildman–Crippen LogP) is 9.18. The van der Waals surface area contributed by atoms with Gasteiger partial charge in [-0.3, -0.25) is 0 Å². The topological polar surface area (TPSA) is 35.9 Å². The van der Waals surface area contributed by atoms with Crippen molar-refractivity contribution in [2.75, 3.05) is 0 Å². The van der Waals surface area contributed by atoms with Gasteiger partial charge in [0.2, 0.25) is 0 Å². The third-order valence-corrected chi connectivity index (χ3v) is 8.03. The van der Waals surface area contributed by atoms with Gasteiger partial charge in [-0.05, 0) is 47.2 Å². The molecule has 0 radical (unpaired) electrons. The number of para-hydroxylation sites is 3. The van der Waals surface area contributed by atoms with Crippen LogP contribution < -0.4 is 0 Å². The number of fused-ring (bicyclic) bond motifs is 11. The molecule has 0 aliphatic carbocycles. The van der Waals surface area contributed by atoms with Crippen molar-refractivity contribution >= 4 is 65.5 Å². The molecule has 0 amide bonds. The van der Waals surface area contributed by atoms with Crippen LogP contribution >= 0.6 is 0 Å². The first-order chi connectivity index (χ1) is 19.4.